The molecule has 0 bridgehead atoms. The number of rotatable bonds is 2. The lowest BCUT2D eigenvalue weighted by Crippen LogP contribution is -2.02. The zero-order valence-corrected chi connectivity index (χ0v) is 8.73. The van der Waals surface area contributed by atoms with Crippen LogP contribution in [0, 0.1) is 0 Å². The van der Waals surface area contributed by atoms with Crippen LogP contribution in [0.25, 0.3) is 10.8 Å². The Morgan fingerprint density at radius 3 is 2.62 bits per heavy atom. The summed E-state index contributed by atoms with van der Waals surface area (Å²) in [5, 5.41) is 10.6. The maximum Gasteiger partial charge on any atom is 0.337 e. The molecule has 82 valence electrons. The molecule has 0 heterocycles. The number of carboxylic acids is 1. The zero-order chi connectivity index (χ0) is 11.7. The van der Waals surface area contributed by atoms with Crippen LogP contribution in [0.3, 0.4) is 0 Å². The number of nitrogens with two attached hydrogens (primary N) is 1. The van der Waals surface area contributed by atoms with E-state index in [2.05, 4.69) is 0 Å². The van der Waals surface area contributed by atoms with E-state index in [0.29, 0.717) is 5.75 Å². The van der Waals surface area contributed by atoms with Gasteiger partial charge in [0, 0.05) is 5.69 Å². The number of methoxy groups -OCH3 is 1. The fraction of sp³-hybridized carbons (Fsp3) is 0.0833. The molecule has 0 amide bonds. The number of ether oxygens (including phenoxy) is 1. The fourth-order valence-corrected chi connectivity index (χ4v) is 1.61. The third kappa shape index (κ3) is 1.65. The van der Waals surface area contributed by atoms with E-state index in [9.17, 15) is 4.79 Å². The minimum Gasteiger partial charge on any atom is -0.497 e. The first-order valence-corrected chi connectivity index (χ1v) is 4.72. The number of benzene rings is 2. The normalized spacial score (nSPS) is 10.3. The molecule has 0 aromatic heterocycles. The van der Waals surface area contributed by atoms with Crippen molar-refractivity contribution in [1.29, 1.82) is 0 Å². The van der Waals surface area contributed by atoms with Gasteiger partial charge in [0.1, 0.15) is 5.75 Å². The maximum absolute atomic E-state index is 10.9. The van der Waals surface area contributed by atoms with Gasteiger partial charge in [0.15, 0.2) is 0 Å². The molecule has 4 nitrogen and oxygen atoms in total. The van der Waals surface area contributed by atoms with Crippen molar-refractivity contribution in [3.05, 3.63) is 35.9 Å². The number of anilines is 1. The second-order valence-corrected chi connectivity index (χ2v) is 3.46. The van der Waals surface area contributed by atoms with Gasteiger partial charge in [-0.25, -0.2) is 4.79 Å². The first kappa shape index (κ1) is 10.3. The molecule has 0 aliphatic heterocycles. The summed E-state index contributed by atoms with van der Waals surface area (Å²) in [6, 6.07) is 8.63. The van der Waals surface area contributed by atoms with Crippen LogP contribution in [0.2, 0.25) is 0 Å². The average Bonchev–Trinajstić information content (AvgIpc) is 2.27. The van der Waals surface area contributed by atoms with Gasteiger partial charge < -0.3 is 15.6 Å². The number of carboxylic acid groups (broad SMARTS) is 1. The van der Waals surface area contributed by atoms with Crippen molar-refractivity contribution in [3.63, 3.8) is 0 Å². The van der Waals surface area contributed by atoms with Crippen LogP contribution < -0.4 is 10.5 Å². The molecular weight excluding hydrogens is 206 g/mol. The van der Waals surface area contributed by atoms with Gasteiger partial charge >= 0.3 is 5.97 Å². The number of carbonyl (C=O) groups is 1. The predicted molar refractivity (Wildman–Crippen MR) is 61.9 cm³/mol. The largest absolute Gasteiger partial charge is 0.497 e. The summed E-state index contributed by atoms with van der Waals surface area (Å²) in [5.74, 6) is -0.337. The summed E-state index contributed by atoms with van der Waals surface area (Å²) in [6.07, 6.45) is 0. The molecule has 0 spiro atoms. The molecule has 2 aromatic rings. The zero-order valence-electron chi connectivity index (χ0n) is 8.73. The lowest BCUT2D eigenvalue weighted by Gasteiger charge is -2.06. The SMILES string of the molecule is COc1ccc2cc(N)c(C(=O)O)cc2c1. The van der Waals surface area contributed by atoms with Crippen LogP contribution in [-0.2, 0) is 0 Å². The highest BCUT2D eigenvalue weighted by Gasteiger charge is 2.09. The number of hydrogen-bond donors (Lipinski definition) is 2. The Bertz CT molecular complexity index is 563. The number of aromatic carboxylic acids is 1. The minimum absolute atomic E-state index is 0.112. The van der Waals surface area contributed by atoms with Crippen LogP contribution in [0.5, 0.6) is 5.75 Å². The maximum atomic E-state index is 10.9. The van der Waals surface area contributed by atoms with E-state index < -0.39 is 5.97 Å². The highest BCUT2D eigenvalue weighted by molar-refractivity contribution is 6.00. The Kier molecular flexibility index (Phi) is 2.40. The van der Waals surface area contributed by atoms with Gasteiger partial charge in [0.25, 0.3) is 0 Å². The highest BCUT2D eigenvalue weighted by atomic mass is 16.5. The Balaban J connectivity index is 2.70. The molecule has 0 unspecified atom stereocenters. The van der Waals surface area contributed by atoms with Gasteiger partial charge in [0.2, 0.25) is 0 Å². The second-order valence-electron chi connectivity index (χ2n) is 3.46. The quantitative estimate of drug-likeness (QED) is 0.756. The lowest BCUT2D eigenvalue weighted by atomic mass is 10.0. The van der Waals surface area contributed by atoms with Crippen molar-refractivity contribution in [2.24, 2.45) is 0 Å². The molecule has 0 fully saturated rings. The van der Waals surface area contributed by atoms with Gasteiger partial charge in [-0.15, -0.1) is 0 Å². The molecule has 16 heavy (non-hydrogen) atoms. The summed E-state index contributed by atoms with van der Waals surface area (Å²) in [6.45, 7) is 0. The number of fused-ring (bicyclic) bond motifs is 1. The van der Waals surface area contributed by atoms with Crippen LogP contribution in [0.1, 0.15) is 10.4 Å². The number of hydrogen-bond acceptors (Lipinski definition) is 3. The van der Waals surface area contributed by atoms with Crippen LogP contribution in [0.15, 0.2) is 30.3 Å². The van der Waals surface area contributed by atoms with Crippen molar-refractivity contribution < 1.29 is 14.6 Å². The minimum atomic E-state index is -1.03. The molecule has 0 aliphatic carbocycles. The second kappa shape index (κ2) is 3.73. The first-order chi connectivity index (χ1) is 7.61. The van der Waals surface area contributed by atoms with E-state index in [0.717, 1.165) is 10.8 Å². The summed E-state index contributed by atoms with van der Waals surface area (Å²) in [4.78, 5) is 10.9. The summed E-state index contributed by atoms with van der Waals surface area (Å²) in [7, 11) is 1.57. The van der Waals surface area contributed by atoms with E-state index in [1.807, 2.05) is 12.1 Å². The van der Waals surface area contributed by atoms with Gasteiger partial charge in [-0.2, -0.15) is 0 Å². The lowest BCUT2D eigenvalue weighted by molar-refractivity contribution is 0.0698. The summed E-state index contributed by atoms with van der Waals surface area (Å²) < 4.78 is 5.07. The van der Waals surface area contributed by atoms with Gasteiger partial charge in [-0.3, -0.25) is 0 Å². The van der Waals surface area contributed by atoms with E-state index >= 15 is 0 Å². The molecule has 0 radical (unpaired) electrons. The molecule has 0 aliphatic rings. The highest BCUT2D eigenvalue weighted by Crippen LogP contribution is 2.25. The molecule has 4 heteroatoms. The first-order valence-electron chi connectivity index (χ1n) is 4.72. The van der Waals surface area contributed by atoms with Crippen molar-refractivity contribution >= 4 is 22.4 Å². The molecule has 2 rings (SSSR count). The van der Waals surface area contributed by atoms with Gasteiger partial charge in [-0.1, -0.05) is 6.07 Å². The summed E-state index contributed by atoms with van der Waals surface area (Å²) >= 11 is 0. The molecule has 2 aromatic carbocycles. The Hall–Kier alpha value is -2.23. The van der Waals surface area contributed by atoms with Gasteiger partial charge in [-0.05, 0) is 35.0 Å². The molecule has 0 atom stereocenters. The van der Waals surface area contributed by atoms with Gasteiger partial charge in [0.05, 0.1) is 12.7 Å². The third-order valence-corrected chi connectivity index (χ3v) is 2.45. The molecule has 0 saturated heterocycles. The Morgan fingerprint density at radius 2 is 2.00 bits per heavy atom. The number of nitrogen functional groups attached to an aromatic ring is 1. The van der Waals surface area contributed by atoms with Crippen molar-refractivity contribution in [2.75, 3.05) is 12.8 Å². The van der Waals surface area contributed by atoms with Crippen molar-refractivity contribution in [1.82, 2.24) is 0 Å². The Labute approximate surface area is 92.3 Å². The van der Waals surface area contributed by atoms with Crippen LogP contribution >= 0.6 is 0 Å². The Morgan fingerprint density at radius 1 is 1.25 bits per heavy atom. The predicted octanol–water partition coefficient (Wildman–Crippen LogP) is 2.13. The standard InChI is InChI=1S/C12H11NO3/c1-16-9-3-2-7-6-11(13)10(12(14)15)5-8(7)4-9/h2-6H,13H2,1H3,(H,14,15). The van der Waals surface area contributed by atoms with E-state index in [1.165, 1.54) is 0 Å². The molecular formula is C12H11NO3. The monoisotopic (exact) mass is 217 g/mol. The smallest absolute Gasteiger partial charge is 0.337 e. The van der Waals surface area contributed by atoms with E-state index in [1.54, 1.807) is 25.3 Å². The van der Waals surface area contributed by atoms with Crippen molar-refractivity contribution in [2.45, 2.75) is 0 Å². The van der Waals surface area contributed by atoms with E-state index in [4.69, 9.17) is 15.6 Å². The average molecular weight is 217 g/mol. The summed E-state index contributed by atoms with van der Waals surface area (Å²) in [5.41, 5.74) is 6.03. The molecule has 3 N–H and O–H groups in total. The third-order valence-electron chi connectivity index (χ3n) is 2.45. The van der Waals surface area contributed by atoms with Crippen LogP contribution in [0.4, 0.5) is 5.69 Å². The topological polar surface area (TPSA) is 72.5 Å². The van der Waals surface area contributed by atoms with E-state index in [-0.39, 0.29) is 11.3 Å². The fourth-order valence-electron chi connectivity index (χ4n) is 1.61. The molecule has 0 saturated carbocycles. The van der Waals surface area contributed by atoms with Crippen LogP contribution in [-0.4, -0.2) is 18.2 Å². The van der Waals surface area contributed by atoms with Crippen molar-refractivity contribution in [3.8, 4) is 5.75 Å².